The highest BCUT2D eigenvalue weighted by Gasteiger charge is 2.45. The number of carbonyl (C=O) groups is 4. The largest absolute Gasteiger partial charge is 0.328 e. The van der Waals surface area contributed by atoms with Crippen molar-refractivity contribution in [2.24, 2.45) is 5.73 Å². The molecule has 1 unspecified atom stereocenters. The normalized spacial score (nSPS) is 24.3. The van der Waals surface area contributed by atoms with Crippen molar-refractivity contribution in [3.63, 3.8) is 0 Å². The van der Waals surface area contributed by atoms with Gasteiger partial charge in [0.05, 0.1) is 11.1 Å². The van der Waals surface area contributed by atoms with Gasteiger partial charge in [0.15, 0.2) is 0 Å². The zero-order valence-corrected chi connectivity index (χ0v) is 14.9. The van der Waals surface area contributed by atoms with Crippen LogP contribution in [-0.4, -0.2) is 58.6 Å². The average Bonchev–Trinajstić information content (AvgIpc) is 2.89. The van der Waals surface area contributed by atoms with E-state index in [0.29, 0.717) is 17.7 Å². The molecule has 3 heterocycles. The van der Waals surface area contributed by atoms with Crippen molar-refractivity contribution in [1.29, 1.82) is 0 Å². The molecule has 0 aromatic heterocycles. The van der Waals surface area contributed by atoms with Gasteiger partial charge >= 0.3 is 0 Å². The quantitative estimate of drug-likeness (QED) is 0.725. The third-order valence-corrected chi connectivity index (χ3v) is 5.58. The van der Waals surface area contributed by atoms with Crippen molar-refractivity contribution in [3.05, 3.63) is 34.9 Å². The standard InChI is InChI=1S/C19H22N4O4/c20-12-6-8-22(9-7-12)10-11-2-1-3-13-16(11)19(27)23(18(13)26)14-4-5-15(24)21-17(14)25/h1-3,12,14H,4-10,20H2,(H,21,24,25). The van der Waals surface area contributed by atoms with E-state index in [1.54, 1.807) is 12.1 Å². The molecule has 2 saturated heterocycles. The number of imide groups is 2. The van der Waals surface area contributed by atoms with Gasteiger partial charge in [-0.05, 0) is 44.0 Å². The summed E-state index contributed by atoms with van der Waals surface area (Å²) < 4.78 is 0. The van der Waals surface area contributed by atoms with Crippen LogP contribution >= 0.6 is 0 Å². The summed E-state index contributed by atoms with van der Waals surface area (Å²) in [6.07, 6.45) is 2.09. The third kappa shape index (κ3) is 3.15. The van der Waals surface area contributed by atoms with Gasteiger partial charge in [-0.25, -0.2) is 0 Å². The molecule has 1 atom stereocenters. The lowest BCUT2D eigenvalue weighted by atomic mass is 10.0. The Morgan fingerprint density at radius 3 is 2.48 bits per heavy atom. The number of carbonyl (C=O) groups excluding carboxylic acids is 4. The van der Waals surface area contributed by atoms with Crippen molar-refractivity contribution < 1.29 is 19.2 Å². The van der Waals surface area contributed by atoms with E-state index in [-0.39, 0.29) is 24.8 Å². The van der Waals surface area contributed by atoms with Gasteiger partial charge in [-0.1, -0.05) is 12.1 Å². The smallest absolute Gasteiger partial charge is 0.262 e. The molecule has 4 amide bonds. The van der Waals surface area contributed by atoms with E-state index in [9.17, 15) is 19.2 Å². The van der Waals surface area contributed by atoms with Gasteiger partial charge in [0.1, 0.15) is 6.04 Å². The lowest BCUT2D eigenvalue weighted by Gasteiger charge is -2.30. The van der Waals surface area contributed by atoms with Crippen LogP contribution in [0, 0.1) is 0 Å². The maximum absolute atomic E-state index is 13.0. The number of hydrogen-bond donors (Lipinski definition) is 2. The van der Waals surface area contributed by atoms with Gasteiger partial charge in [-0.2, -0.15) is 0 Å². The second kappa shape index (κ2) is 6.86. The zero-order valence-electron chi connectivity index (χ0n) is 14.9. The molecule has 142 valence electrons. The summed E-state index contributed by atoms with van der Waals surface area (Å²) in [4.78, 5) is 52.7. The minimum atomic E-state index is -0.934. The molecule has 0 radical (unpaired) electrons. The number of nitrogens with zero attached hydrogens (tertiary/aromatic N) is 2. The topological polar surface area (TPSA) is 113 Å². The first-order valence-electron chi connectivity index (χ1n) is 9.27. The second-order valence-electron chi connectivity index (χ2n) is 7.40. The minimum absolute atomic E-state index is 0.116. The van der Waals surface area contributed by atoms with E-state index in [0.717, 1.165) is 36.4 Å². The number of benzene rings is 1. The summed E-state index contributed by atoms with van der Waals surface area (Å²) in [7, 11) is 0. The molecule has 27 heavy (non-hydrogen) atoms. The first-order chi connectivity index (χ1) is 13.0. The molecule has 3 aliphatic heterocycles. The highest BCUT2D eigenvalue weighted by Crippen LogP contribution is 2.30. The Hall–Kier alpha value is -2.58. The van der Waals surface area contributed by atoms with Crippen LogP contribution in [0.3, 0.4) is 0 Å². The van der Waals surface area contributed by atoms with Crippen LogP contribution in [0.2, 0.25) is 0 Å². The lowest BCUT2D eigenvalue weighted by Crippen LogP contribution is -2.54. The van der Waals surface area contributed by atoms with Crippen LogP contribution in [0.25, 0.3) is 0 Å². The lowest BCUT2D eigenvalue weighted by molar-refractivity contribution is -0.136. The number of nitrogens with two attached hydrogens (primary N) is 1. The number of rotatable bonds is 3. The van der Waals surface area contributed by atoms with Crippen molar-refractivity contribution in [2.75, 3.05) is 13.1 Å². The number of fused-ring (bicyclic) bond motifs is 1. The number of likely N-dealkylation sites (tertiary alicyclic amines) is 1. The Labute approximate surface area is 156 Å². The molecule has 0 bridgehead atoms. The third-order valence-electron chi connectivity index (χ3n) is 5.58. The van der Waals surface area contributed by atoms with Gasteiger partial charge in [0.25, 0.3) is 11.8 Å². The van der Waals surface area contributed by atoms with Crippen LogP contribution in [-0.2, 0) is 16.1 Å². The van der Waals surface area contributed by atoms with E-state index in [1.807, 2.05) is 6.07 Å². The predicted octanol–water partition coefficient (Wildman–Crippen LogP) is 0.0109. The highest BCUT2D eigenvalue weighted by molar-refractivity contribution is 6.24. The Balaban J connectivity index is 1.60. The average molecular weight is 370 g/mol. The molecular weight excluding hydrogens is 348 g/mol. The molecular formula is C19H22N4O4. The monoisotopic (exact) mass is 370 g/mol. The number of hydrogen-bond acceptors (Lipinski definition) is 6. The van der Waals surface area contributed by atoms with Gasteiger partial charge in [0.2, 0.25) is 11.8 Å². The molecule has 1 aromatic carbocycles. The maximum Gasteiger partial charge on any atom is 0.262 e. The van der Waals surface area contributed by atoms with E-state index in [2.05, 4.69) is 10.2 Å². The Bertz CT molecular complexity index is 829. The number of amides is 4. The van der Waals surface area contributed by atoms with Crippen molar-refractivity contribution in [2.45, 2.75) is 44.3 Å². The molecule has 4 rings (SSSR count). The first kappa shape index (κ1) is 17.8. The summed E-state index contributed by atoms with van der Waals surface area (Å²) in [6.45, 7) is 2.27. The molecule has 3 N–H and O–H groups in total. The van der Waals surface area contributed by atoms with E-state index in [1.165, 1.54) is 0 Å². The van der Waals surface area contributed by atoms with Crippen molar-refractivity contribution in [1.82, 2.24) is 15.1 Å². The number of nitrogens with one attached hydrogen (secondary N) is 1. The Morgan fingerprint density at radius 2 is 1.78 bits per heavy atom. The highest BCUT2D eigenvalue weighted by atomic mass is 16.2. The van der Waals surface area contributed by atoms with Crippen LogP contribution in [0.4, 0.5) is 0 Å². The molecule has 8 nitrogen and oxygen atoms in total. The summed E-state index contributed by atoms with van der Waals surface area (Å²) in [6, 6.07) is 4.52. The fourth-order valence-corrected chi connectivity index (χ4v) is 4.07. The minimum Gasteiger partial charge on any atom is -0.328 e. The first-order valence-corrected chi connectivity index (χ1v) is 9.27. The number of piperidine rings is 2. The summed E-state index contributed by atoms with van der Waals surface area (Å²) in [5, 5.41) is 2.21. The van der Waals surface area contributed by atoms with Gasteiger partial charge in [0, 0.05) is 19.0 Å². The Morgan fingerprint density at radius 1 is 1.04 bits per heavy atom. The van der Waals surface area contributed by atoms with Crippen LogP contribution in [0.15, 0.2) is 18.2 Å². The molecule has 0 aliphatic carbocycles. The molecule has 8 heteroatoms. The van der Waals surface area contributed by atoms with E-state index in [4.69, 9.17) is 5.73 Å². The van der Waals surface area contributed by atoms with Crippen molar-refractivity contribution >= 4 is 23.6 Å². The fourth-order valence-electron chi connectivity index (χ4n) is 4.07. The molecule has 1 aromatic rings. The van der Waals surface area contributed by atoms with E-state index < -0.39 is 23.8 Å². The van der Waals surface area contributed by atoms with Crippen LogP contribution in [0.5, 0.6) is 0 Å². The van der Waals surface area contributed by atoms with Gasteiger partial charge in [-0.3, -0.25) is 34.3 Å². The van der Waals surface area contributed by atoms with Crippen LogP contribution < -0.4 is 11.1 Å². The van der Waals surface area contributed by atoms with Crippen molar-refractivity contribution in [3.8, 4) is 0 Å². The van der Waals surface area contributed by atoms with Gasteiger partial charge < -0.3 is 5.73 Å². The van der Waals surface area contributed by atoms with Crippen LogP contribution in [0.1, 0.15) is 52.0 Å². The zero-order chi connectivity index (χ0) is 19.1. The second-order valence-corrected chi connectivity index (χ2v) is 7.40. The summed E-state index contributed by atoms with van der Waals surface area (Å²) in [5.74, 6) is -1.88. The van der Waals surface area contributed by atoms with E-state index >= 15 is 0 Å². The Kier molecular flexibility index (Phi) is 4.53. The molecule has 2 fully saturated rings. The molecule has 0 saturated carbocycles. The fraction of sp³-hybridized carbons (Fsp3) is 0.474. The maximum atomic E-state index is 13.0. The van der Waals surface area contributed by atoms with Gasteiger partial charge in [-0.15, -0.1) is 0 Å². The predicted molar refractivity (Wildman–Crippen MR) is 95.6 cm³/mol. The molecule has 0 spiro atoms. The summed E-state index contributed by atoms with van der Waals surface area (Å²) in [5.41, 5.74) is 7.44. The molecule has 3 aliphatic rings. The summed E-state index contributed by atoms with van der Waals surface area (Å²) >= 11 is 0. The SMILES string of the molecule is NC1CCN(Cc2cccc3c2C(=O)N(C2CCC(=O)NC2=O)C3=O)CC1.